The van der Waals surface area contributed by atoms with Gasteiger partial charge in [0.15, 0.2) is 0 Å². The minimum Gasteiger partial charge on any atom is -0.329 e. The summed E-state index contributed by atoms with van der Waals surface area (Å²) in [5.41, 5.74) is 5.64. The topological polar surface area (TPSA) is 46.3 Å². The molecule has 0 bridgehead atoms. The van der Waals surface area contributed by atoms with Gasteiger partial charge >= 0.3 is 6.18 Å². The number of hydrogen-bond acceptors (Lipinski definition) is 2. The molecule has 2 N–H and O–H groups in total. The van der Waals surface area contributed by atoms with Gasteiger partial charge in [-0.05, 0) is 25.2 Å². The van der Waals surface area contributed by atoms with E-state index in [1.807, 2.05) is 13.8 Å². The Morgan fingerprint density at radius 2 is 1.94 bits per heavy atom. The number of nitrogens with zero attached hydrogens (tertiary/aromatic N) is 1. The van der Waals surface area contributed by atoms with Crippen LogP contribution in [-0.4, -0.2) is 35.6 Å². The number of halogens is 3. The predicted molar refractivity (Wildman–Crippen MR) is 58.2 cm³/mol. The molecule has 1 amide bonds. The third-order valence-electron chi connectivity index (χ3n) is 2.66. The molecule has 6 heteroatoms. The van der Waals surface area contributed by atoms with E-state index in [9.17, 15) is 18.0 Å². The third kappa shape index (κ3) is 4.93. The van der Waals surface area contributed by atoms with Crippen molar-refractivity contribution in [1.82, 2.24) is 4.90 Å². The van der Waals surface area contributed by atoms with Crippen LogP contribution in [0.3, 0.4) is 0 Å². The predicted octanol–water partition coefficient (Wildman–Crippen LogP) is 1.91. The van der Waals surface area contributed by atoms with Gasteiger partial charge in [-0.1, -0.05) is 13.8 Å². The molecule has 3 nitrogen and oxygen atoms in total. The molecule has 0 saturated heterocycles. The summed E-state index contributed by atoms with van der Waals surface area (Å²) in [7, 11) is 0. The summed E-state index contributed by atoms with van der Waals surface area (Å²) in [6, 6.07) is -1.08. The Bertz CT molecular complexity index is 274. The Labute approximate surface area is 99.1 Å². The van der Waals surface area contributed by atoms with Gasteiger partial charge in [0, 0.05) is 6.04 Å². The summed E-state index contributed by atoms with van der Waals surface area (Å²) in [4.78, 5) is 12.7. The van der Waals surface area contributed by atoms with Crippen molar-refractivity contribution in [3.63, 3.8) is 0 Å². The Hall–Kier alpha value is -0.780. The van der Waals surface area contributed by atoms with Crippen LogP contribution in [-0.2, 0) is 4.79 Å². The molecule has 1 aliphatic rings. The summed E-state index contributed by atoms with van der Waals surface area (Å²) < 4.78 is 37.0. The van der Waals surface area contributed by atoms with Crippen LogP contribution in [0.25, 0.3) is 0 Å². The quantitative estimate of drug-likeness (QED) is 0.812. The number of rotatable bonds is 5. The summed E-state index contributed by atoms with van der Waals surface area (Å²) in [5, 5.41) is 0. The Balaban J connectivity index is 2.60. The van der Waals surface area contributed by atoms with E-state index in [2.05, 4.69) is 0 Å². The fourth-order valence-corrected chi connectivity index (χ4v) is 1.79. The molecule has 17 heavy (non-hydrogen) atoms. The second-order valence-corrected chi connectivity index (χ2v) is 5.05. The monoisotopic (exact) mass is 252 g/mol. The number of hydrogen-bond donors (Lipinski definition) is 1. The number of alkyl halides is 3. The molecule has 0 radical (unpaired) electrons. The van der Waals surface area contributed by atoms with Gasteiger partial charge in [0.2, 0.25) is 5.91 Å². The fraction of sp³-hybridized carbons (Fsp3) is 0.909. The maximum atomic E-state index is 12.3. The number of carbonyl (C=O) groups is 1. The molecule has 100 valence electrons. The maximum absolute atomic E-state index is 12.3. The number of amides is 1. The lowest BCUT2D eigenvalue weighted by Gasteiger charge is -2.27. The van der Waals surface area contributed by atoms with E-state index in [-0.39, 0.29) is 12.0 Å². The molecule has 1 aliphatic carbocycles. The van der Waals surface area contributed by atoms with E-state index in [4.69, 9.17) is 5.73 Å². The van der Waals surface area contributed by atoms with Crippen molar-refractivity contribution in [2.75, 3.05) is 6.54 Å². The van der Waals surface area contributed by atoms with Crippen LogP contribution in [0.5, 0.6) is 0 Å². The van der Waals surface area contributed by atoms with Gasteiger partial charge < -0.3 is 10.6 Å². The molecule has 0 aromatic heterocycles. The third-order valence-corrected chi connectivity index (χ3v) is 2.66. The maximum Gasteiger partial charge on any atom is 0.406 e. The molecule has 1 atom stereocenters. The van der Waals surface area contributed by atoms with Gasteiger partial charge in [-0.3, -0.25) is 4.79 Å². The van der Waals surface area contributed by atoms with Gasteiger partial charge in [-0.15, -0.1) is 0 Å². The van der Waals surface area contributed by atoms with Crippen LogP contribution in [0, 0.1) is 5.92 Å². The van der Waals surface area contributed by atoms with Gasteiger partial charge in [0.05, 0.1) is 6.04 Å². The first kappa shape index (κ1) is 14.3. The molecule has 1 saturated carbocycles. The van der Waals surface area contributed by atoms with Crippen LogP contribution in [0.4, 0.5) is 13.2 Å². The van der Waals surface area contributed by atoms with Gasteiger partial charge in [0.1, 0.15) is 6.54 Å². The van der Waals surface area contributed by atoms with Crippen LogP contribution in [0.2, 0.25) is 0 Å². The molecule has 0 heterocycles. The smallest absolute Gasteiger partial charge is 0.329 e. The zero-order valence-corrected chi connectivity index (χ0v) is 10.1. The van der Waals surface area contributed by atoms with E-state index in [1.54, 1.807) is 0 Å². The average Bonchev–Trinajstić information content (AvgIpc) is 2.93. The van der Waals surface area contributed by atoms with Gasteiger partial charge in [-0.2, -0.15) is 13.2 Å². The van der Waals surface area contributed by atoms with E-state index in [1.165, 1.54) is 0 Å². The van der Waals surface area contributed by atoms with Crippen molar-refractivity contribution >= 4 is 5.91 Å². The van der Waals surface area contributed by atoms with E-state index in [0.717, 1.165) is 4.90 Å². The standard InChI is InChI=1S/C11H19F3N2O/c1-7(2)5-9(15)10(17)16(8-3-4-8)6-11(12,13)14/h7-9H,3-6,15H2,1-2H3/t9-/m1/s1. The van der Waals surface area contributed by atoms with Gasteiger partial charge in [-0.25, -0.2) is 0 Å². The Morgan fingerprint density at radius 3 is 2.29 bits per heavy atom. The van der Waals surface area contributed by atoms with Crippen molar-refractivity contribution in [2.24, 2.45) is 11.7 Å². The van der Waals surface area contributed by atoms with Crippen molar-refractivity contribution in [3.05, 3.63) is 0 Å². The first-order chi connectivity index (χ1) is 7.70. The highest BCUT2D eigenvalue weighted by atomic mass is 19.4. The average molecular weight is 252 g/mol. The molecule has 1 rings (SSSR count). The lowest BCUT2D eigenvalue weighted by atomic mass is 10.0. The second-order valence-electron chi connectivity index (χ2n) is 5.05. The summed E-state index contributed by atoms with van der Waals surface area (Å²) in [5.74, 6) is -0.376. The lowest BCUT2D eigenvalue weighted by Crippen LogP contribution is -2.48. The molecule has 0 aromatic carbocycles. The largest absolute Gasteiger partial charge is 0.406 e. The molecule has 0 spiro atoms. The normalized spacial score (nSPS) is 18.3. The Morgan fingerprint density at radius 1 is 1.41 bits per heavy atom. The molecule has 0 aliphatic heterocycles. The molecule has 0 unspecified atom stereocenters. The highest BCUT2D eigenvalue weighted by molar-refractivity contribution is 5.82. The van der Waals surface area contributed by atoms with Crippen molar-refractivity contribution < 1.29 is 18.0 Å². The molecular weight excluding hydrogens is 233 g/mol. The minimum absolute atomic E-state index is 0.195. The Kier molecular flexibility index (Phi) is 4.41. The summed E-state index contributed by atoms with van der Waals surface area (Å²) >= 11 is 0. The second kappa shape index (κ2) is 5.25. The highest BCUT2D eigenvalue weighted by Crippen LogP contribution is 2.30. The van der Waals surface area contributed by atoms with Crippen molar-refractivity contribution in [2.45, 2.75) is 51.4 Å². The fourth-order valence-electron chi connectivity index (χ4n) is 1.79. The highest BCUT2D eigenvalue weighted by Gasteiger charge is 2.41. The first-order valence-corrected chi connectivity index (χ1v) is 5.83. The van der Waals surface area contributed by atoms with E-state index < -0.39 is 24.7 Å². The van der Waals surface area contributed by atoms with Crippen molar-refractivity contribution in [3.8, 4) is 0 Å². The zero-order chi connectivity index (χ0) is 13.2. The summed E-state index contributed by atoms with van der Waals surface area (Å²) in [6.07, 6.45) is -2.64. The van der Waals surface area contributed by atoms with Crippen LogP contribution in [0.15, 0.2) is 0 Å². The zero-order valence-electron chi connectivity index (χ0n) is 10.1. The van der Waals surface area contributed by atoms with E-state index in [0.29, 0.717) is 19.3 Å². The SMILES string of the molecule is CC(C)C[C@@H](N)C(=O)N(CC(F)(F)F)C1CC1. The van der Waals surface area contributed by atoms with E-state index >= 15 is 0 Å². The number of carbonyl (C=O) groups excluding carboxylic acids is 1. The van der Waals surface area contributed by atoms with Crippen LogP contribution in [0.1, 0.15) is 33.1 Å². The molecule has 1 fully saturated rings. The molecule has 0 aromatic rings. The lowest BCUT2D eigenvalue weighted by molar-refractivity contribution is -0.163. The van der Waals surface area contributed by atoms with Crippen LogP contribution >= 0.6 is 0 Å². The van der Waals surface area contributed by atoms with Gasteiger partial charge in [0.25, 0.3) is 0 Å². The minimum atomic E-state index is -4.35. The summed E-state index contributed by atoms with van der Waals surface area (Å²) in [6.45, 7) is 2.60. The van der Waals surface area contributed by atoms with Crippen molar-refractivity contribution in [1.29, 1.82) is 0 Å². The first-order valence-electron chi connectivity index (χ1n) is 5.83. The van der Waals surface area contributed by atoms with Crippen LogP contribution < -0.4 is 5.73 Å². The number of nitrogens with two attached hydrogens (primary N) is 1. The molecular formula is C11H19F3N2O.